The molecule has 2 N–H and O–H groups in total. The van der Waals surface area contributed by atoms with Crippen LogP contribution >= 0.6 is 27.7 Å². The first-order valence-corrected chi connectivity index (χ1v) is 12.0. The minimum atomic E-state index is -0.996. The maximum absolute atomic E-state index is 12.6. The third-order valence-electron chi connectivity index (χ3n) is 4.79. The van der Waals surface area contributed by atoms with E-state index in [0.29, 0.717) is 17.3 Å². The van der Waals surface area contributed by atoms with Gasteiger partial charge in [-0.1, -0.05) is 34.6 Å². The molecular formula is C21H25BrN4O6S. The van der Waals surface area contributed by atoms with Gasteiger partial charge in [-0.15, -0.1) is 0 Å². The largest absolute Gasteiger partial charge is 0.491 e. The van der Waals surface area contributed by atoms with Gasteiger partial charge in [-0.05, 0) is 37.6 Å². The second-order valence-electron chi connectivity index (χ2n) is 7.18. The Hall–Kier alpha value is -2.57. The van der Waals surface area contributed by atoms with Gasteiger partial charge in [-0.3, -0.25) is 19.1 Å². The van der Waals surface area contributed by atoms with Crippen molar-refractivity contribution in [3.05, 3.63) is 49.6 Å². The maximum atomic E-state index is 12.6. The molecule has 2 aromatic heterocycles. The van der Waals surface area contributed by atoms with E-state index in [0.717, 1.165) is 16.2 Å². The zero-order valence-electron chi connectivity index (χ0n) is 18.4. The quantitative estimate of drug-likeness (QED) is 0.295. The van der Waals surface area contributed by atoms with Crippen LogP contribution in [0.3, 0.4) is 0 Å². The first kappa shape index (κ1) is 25.1. The summed E-state index contributed by atoms with van der Waals surface area (Å²) in [4.78, 5) is 43.7. The van der Waals surface area contributed by atoms with Gasteiger partial charge in [0.2, 0.25) is 0 Å². The Morgan fingerprint density at radius 2 is 1.97 bits per heavy atom. The Labute approximate surface area is 202 Å². The summed E-state index contributed by atoms with van der Waals surface area (Å²) in [7, 11) is 1.49. The number of nitrogens with one attached hydrogen (secondary N) is 1. The van der Waals surface area contributed by atoms with Crippen molar-refractivity contribution in [2.75, 3.05) is 13.2 Å². The van der Waals surface area contributed by atoms with Crippen molar-refractivity contribution in [1.82, 2.24) is 19.1 Å². The summed E-state index contributed by atoms with van der Waals surface area (Å²) in [6.45, 7) is 3.74. The van der Waals surface area contributed by atoms with Gasteiger partial charge in [0.05, 0.1) is 13.2 Å². The average molecular weight is 541 g/mol. The number of nitrogens with zero attached hydrogens (tertiary/aromatic N) is 3. The predicted octanol–water partition coefficient (Wildman–Crippen LogP) is 2.06. The van der Waals surface area contributed by atoms with Gasteiger partial charge in [-0.25, -0.2) is 9.78 Å². The van der Waals surface area contributed by atoms with E-state index in [2.05, 4.69) is 25.9 Å². The number of thioether (sulfide) groups is 1. The van der Waals surface area contributed by atoms with E-state index in [4.69, 9.17) is 9.47 Å². The number of aryl methyl sites for hydroxylation is 1. The Morgan fingerprint density at radius 1 is 1.27 bits per heavy atom. The van der Waals surface area contributed by atoms with E-state index in [9.17, 15) is 19.5 Å². The molecule has 0 bridgehead atoms. The number of ether oxygens (including phenoxy) is 2. The summed E-state index contributed by atoms with van der Waals surface area (Å²) in [6, 6.07) is 7.16. The number of imidazole rings is 1. The molecule has 10 nitrogen and oxygen atoms in total. The molecule has 0 radical (unpaired) electrons. The minimum Gasteiger partial charge on any atom is -0.491 e. The molecule has 2 heterocycles. The molecule has 3 rings (SSSR count). The van der Waals surface area contributed by atoms with Gasteiger partial charge in [0.1, 0.15) is 23.7 Å². The molecule has 2 atom stereocenters. The molecule has 0 amide bonds. The Kier molecular flexibility index (Phi) is 8.38. The van der Waals surface area contributed by atoms with Crippen LogP contribution in [0.25, 0.3) is 11.2 Å². The summed E-state index contributed by atoms with van der Waals surface area (Å²) < 4.78 is 14.4. The first-order chi connectivity index (χ1) is 15.7. The summed E-state index contributed by atoms with van der Waals surface area (Å²) in [6.07, 6.45) is -0.526. The van der Waals surface area contributed by atoms with Crippen LogP contribution in [0.5, 0.6) is 5.75 Å². The van der Waals surface area contributed by atoms with Crippen LogP contribution in [0.15, 0.2) is 43.5 Å². The summed E-state index contributed by atoms with van der Waals surface area (Å²) in [5.74, 6) is 0.182. The molecule has 0 aliphatic carbocycles. The number of aromatic amines is 1. The number of aliphatic hydroxyl groups excluding tert-OH is 1. The molecule has 0 saturated heterocycles. The van der Waals surface area contributed by atoms with Gasteiger partial charge < -0.3 is 19.1 Å². The van der Waals surface area contributed by atoms with Crippen molar-refractivity contribution in [1.29, 1.82) is 0 Å². The lowest BCUT2D eigenvalue weighted by Crippen LogP contribution is -2.31. The molecule has 0 fully saturated rings. The molecule has 0 saturated carbocycles. The Balaban J connectivity index is 1.93. The summed E-state index contributed by atoms with van der Waals surface area (Å²) in [5, 5.41) is 10.4. The number of hydrogen-bond acceptors (Lipinski definition) is 8. The van der Waals surface area contributed by atoms with E-state index < -0.39 is 28.6 Å². The van der Waals surface area contributed by atoms with Crippen molar-refractivity contribution in [2.24, 2.45) is 7.05 Å². The lowest BCUT2D eigenvalue weighted by atomic mass is 10.3. The molecule has 0 aliphatic heterocycles. The van der Waals surface area contributed by atoms with Crippen molar-refractivity contribution >= 4 is 44.8 Å². The maximum Gasteiger partial charge on any atom is 0.329 e. The number of aliphatic hydroxyl groups is 1. The van der Waals surface area contributed by atoms with Crippen LogP contribution in [0.2, 0.25) is 0 Å². The highest BCUT2D eigenvalue weighted by atomic mass is 79.9. The van der Waals surface area contributed by atoms with E-state index in [1.54, 1.807) is 19.1 Å². The molecular weight excluding hydrogens is 516 g/mol. The zero-order chi connectivity index (χ0) is 24.1. The number of carbonyl (C=O) groups is 1. The second kappa shape index (κ2) is 11.0. The van der Waals surface area contributed by atoms with E-state index >= 15 is 0 Å². The number of esters is 1. The molecule has 1 aromatic carbocycles. The lowest BCUT2D eigenvalue weighted by Gasteiger charge is -2.17. The summed E-state index contributed by atoms with van der Waals surface area (Å²) >= 11 is 4.47. The molecule has 33 heavy (non-hydrogen) atoms. The fourth-order valence-electron chi connectivity index (χ4n) is 3.12. The fourth-order valence-corrected chi connectivity index (χ4v) is 4.40. The number of aromatic nitrogens is 4. The second-order valence-corrected chi connectivity index (χ2v) is 9.27. The van der Waals surface area contributed by atoms with Crippen molar-refractivity contribution < 1.29 is 19.4 Å². The smallest absolute Gasteiger partial charge is 0.329 e. The minimum absolute atomic E-state index is 0.0318. The molecule has 0 aliphatic rings. The normalized spacial score (nSPS) is 13.1. The number of halogens is 1. The number of carbonyl (C=O) groups excluding carboxylic acids is 1. The standard InChI is InChI=1S/C21H25BrN4O6S/c1-4-15(19(29)31-5-2)33-21-23-17-16(18(28)24-20(30)25(17)3)26(21)10-13(27)11-32-14-8-6-12(22)7-9-14/h6-9,13,15,27H,4-5,10-11H2,1-3H3,(H,24,28,30)/t13-,15+/m1/s1. The average Bonchev–Trinajstić information content (AvgIpc) is 3.14. The van der Waals surface area contributed by atoms with Gasteiger partial charge in [0, 0.05) is 11.5 Å². The third kappa shape index (κ3) is 5.87. The van der Waals surface area contributed by atoms with Crippen LogP contribution in [-0.2, 0) is 23.1 Å². The number of H-pyrrole nitrogens is 1. The van der Waals surface area contributed by atoms with Crippen LogP contribution in [0.1, 0.15) is 20.3 Å². The molecule has 3 aromatic rings. The fraction of sp³-hybridized carbons (Fsp3) is 0.429. The van der Waals surface area contributed by atoms with Crippen LogP contribution < -0.4 is 16.0 Å². The van der Waals surface area contributed by atoms with Crippen LogP contribution in [-0.4, -0.2) is 54.7 Å². The van der Waals surface area contributed by atoms with Gasteiger partial charge in [-0.2, -0.15) is 0 Å². The number of fused-ring (bicyclic) bond motifs is 1. The van der Waals surface area contributed by atoms with Crippen molar-refractivity contribution in [3.8, 4) is 5.75 Å². The number of benzene rings is 1. The van der Waals surface area contributed by atoms with Gasteiger partial charge in [0.15, 0.2) is 16.3 Å². The number of hydrogen-bond donors (Lipinski definition) is 2. The van der Waals surface area contributed by atoms with Crippen LogP contribution in [0.4, 0.5) is 0 Å². The monoisotopic (exact) mass is 540 g/mol. The molecule has 0 unspecified atom stereocenters. The van der Waals surface area contributed by atoms with Crippen molar-refractivity contribution in [2.45, 2.75) is 43.3 Å². The highest BCUT2D eigenvalue weighted by molar-refractivity contribution is 9.10. The highest BCUT2D eigenvalue weighted by Crippen LogP contribution is 2.28. The van der Waals surface area contributed by atoms with Gasteiger partial charge >= 0.3 is 11.7 Å². The Bertz CT molecular complexity index is 1240. The topological polar surface area (TPSA) is 128 Å². The van der Waals surface area contributed by atoms with E-state index in [-0.39, 0.29) is 30.9 Å². The Morgan fingerprint density at radius 3 is 2.61 bits per heavy atom. The van der Waals surface area contributed by atoms with Crippen molar-refractivity contribution in [3.63, 3.8) is 0 Å². The van der Waals surface area contributed by atoms with E-state index in [1.165, 1.54) is 16.2 Å². The van der Waals surface area contributed by atoms with Crippen LogP contribution in [0, 0.1) is 0 Å². The number of rotatable bonds is 10. The lowest BCUT2D eigenvalue weighted by molar-refractivity contribution is -0.142. The predicted molar refractivity (Wildman–Crippen MR) is 128 cm³/mol. The molecule has 0 spiro atoms. The van der Waals surface area contributed by atoms with E-state index in [1.807, 2.05) is 19.1 Å². The first-order valence-electron chi connectivity index (χ1n) is 10.3. The zero-order valence-corrected chi connectivity index (χ0v) is 20.8. The summed E-state index contributed by atoms with van der Waals surface area (Å²) in [5.41, 5.74) is -0.949. The highest BCUT2D eigenvalue weighted by Gasteiger charge is 2.26. The molecule has 178 valence electrons. The third-order valence-corrected chi connectivity index (χ3v) is 6.65. The van der Waals surface area contributed by atoms with Gasteiger partial charge in [0.25, 0.3) is 5.56 Å². The molecule has 12 heteroatoms. The SMILES string of the molecule is CCOC(=O)[C@H](CC)Sc1nc2c(c(=O)[nH]c(=O)n2C)n1C[C@@H](O)COc1ccc(Br)cc1.